The van der Waals surface area contributed by atoms with Crippen molar-refractivity contribution in [2.24, 2.45) is 5.92 Å². The van der Waals surface area contributed by atoms with Crippen LogP contribution in [0.15, 0.2) is 0 Å². The van der Waals surface area contributed by atoms with Gasteiger partial charge in [0.25, 0.3) is 0 Å². The van der Waals surface area contributed by atoms with Crippen LogP contribution < -0.4 is 0 Å². The first-order valence-corrected chi connectivity index (χ1v) is 3.48. The van der Waals surface area contributed by atoms with Crippen molar-refractivity contribution in [1.82, 2.24) is 0 Å². The van der Waals surface area contributed by atoms with Crippen LogP contribution in [0.1, 0.15) is 12.8 Å². The molecule has 9 heavy (non-hydrogen) atoms. The van der Waals surface area contributed by atoms with Crippen LogP contribution in [0.4, 0.5) is 0 Å². The molecule has 0 bridgehead atoms. The molecule has 0 aliphatic heterocycles. The lowest BCUT2D eigenvalue weighted by molar-refractivity contribution is -0.144. The van der Waals surface area contributed by atoms with E-state index in [1.807, 2.05) is 0 Å². The van der Waals surface area contributed by atoms with Crippen molar-refractivity contribution in [3.05, 3.63) is 0 Å². The molecule has 0 saturated heterocycles. The number of alkyl halides is 1. The molecular weight excluding hydrogens is 207 g/mol. The number of rotatable bonds is 1. The fraction of sp³-hybridized carbons (Fsp3) is 0.800. The molecule has 0 aromatic carbocycles. The third-order valence-electron chi connectivity index (χ3n) is 1.43. The lowest BCUT2D eigenvalue weighted by atomic mass is 9.86. The van der Waals surface area contributed by atoms with Crippen molar-refractivity contribution in [3.8, 4) is 0 Å². The summed E-state index contributed by atoms with van der Waals surface area (Å²) >= 11 is 3.31. The average Bonchev–Trinajstić information content (AvgIpc) is 1.57. The molecule has 0 heterocycles. The lowest BCUT2D eigenvalue weighted by Crippen LogP contribution is -2.30. The average molecular weight is 215 g/mol. The summed E-state index contributed by atoms with van der Waals surface area (Å²) in [6.07, 6.45) is 1.60. The van der Waals surface area contributed by atoms with Crippen molar-refractivity contribution in [1.29, 1.82) is 0 Å². The molecule has 1 N–H and O–H groups in total. The molecule has 0 spiro atoms. The van der Waals surface area contributed by atoms with Crippen molar-refractivity contribution < 1.29 is 9.90 Å². The second kappa shape index (κ2) is 3.42. The number of carbonyl (C=O) groups is 1. The highest BCUT2D eigenvalue weighted by molar-refractivity contribution is 9.09. The summed E-state index contributed by atoms with van der Waals surface area (Å²) in [5.74, 6) is -0.722. The summed E-state index contributed by atoms with van der Waals surface area (Å²) < 4.78 is 0. The van der Waals surface area contributed by atoms with Crippen molar-refractivity contribution in [2.75, 3.05) is 0 Å². The predicted molar refractivity (Wildman–Crippen MR) is 40.3 cm³/mol. The minimum atomic E-state index is -0.652. The Bertz CT molecular complexity index is 112. The monoisotopic (exact) mass is 214 g/mol. The Hall–Kier alpha value is 0.240. The summed E-state index contributed by atoms with van der Waals surface area (Å²) in [6, 6.07) is 0. The van der Waals surface area contributed by atoms with Crippen LogP contribution in [-0.4, -0.2) is 15.9 Å². The van der Waals surface area contributed by atoms with Gasteiger partial charge in [0.15, 0.2) is 0 Å². The standard InChI is InChI=1S/C5H7BrO2.ClH/c6-4-1-3(2-4)5(7)8;/h3-4H,1-2H2,(H,7,8);1H. The quantitative estimate of drug-likeness (QED) is 0.676. The fourth-order valence-electron chi connectivity index (χ4n) is 0.750. The van der Waals surface area contributed by atoms with E-state index in [1.54, 1.807) is 0 Å². The van der Waals surface area contributed by atoms with Gasteiger partial charge in [-0.25, -0.2) is 0 Å². The van der Waals surface area contributed by atoms with Crippen LogP contribution in [0.5, 0.6) is 0 Å². The third-order valence-corrected chi connectivity index (χ3v) is 2.18. The van der Waals surface area contributed by atoms with E-state index in [1.165, 1.54) is 0 Å². The minimum Gasteiger partial charge on any atom is -0.481 e. The van der Waals surface area contributed by atoms with Crippen LogP contribution in [0.3, 0.4) is 0 Å². The molecule has 0 amide bonds. The highest BCUT2D eigenvalue weighted by atomic mass is 79.9. The van der Waals surface area contributed by atoms with Gasteiger partial charge in [-0.2, -0.15) is 0 Å². The molecule has 1 aliphatic rings. The van der Waals surface area contributed by atoms with Crippen molar-refractivity contribution in [2.45, 2.75) is 17.7 Å². The van der Waals surface area contributed by atoms with Crippen molar-refractivity contribution in [3.63, 3.8) is 0 Å². The molecule has 1 saturated carbocycles. The van der Waals surface area contributed by atoms with E-state index in [0.717, 1.165) is 12.8 Å². The zero-order chi connectivity index (χ0) is 6.15. The van der Waals surface area contributed by atoms with E-state index in [2.05, 4.69) is 15.9 Å². The maximum absolute atomic E-state index is 10.1. The van der Waals surface area contributed by atoms with Gasteiger partial charge in [-0.3, -0.25) is 4.79 Å². The molecule has 1 aliphatic carbocycles. The molecule has 0 atom stereocenters. The first kappa shape index (κ1) is 9.24. The Morgan fingerprint density at radius 3 is 2.11 bits per heavy atom. The minimum absolute atomic E-state index is 0. The number of aliphatic carboxylic acids is 1. The van der Waals surface area contributed by atoms with Crippen LogP contribution >= 0.6 is 28.3 Å². The summed E-state index contributed by atoms with van der Waals surface area (Å²) in [5, 5.41) is 8.33. The van der Waals surface area contributed by atoms with Gasteiger partial charge < -0.3 is 5.11 Å². The van der Waals surface area contributed by atoms with E-state index in [4.69, 9.17) is 5.11 Å². The van der Waals surface area contributed by atoms with E-state index in [0.29, 0.717) is 4.83 Å². The topological polar surface area (TPSA) is 37.3 Å². The maximum Gasteiger partial charge on any atom is 0.306 e. The van der Waals surface area contributed by atoms with Gasteiger partial charge in [0.2, 0.25) is 0 Å². The number of carboxylic acid groups (broad SMARTS) is 1. The van der Waals surface area contributed by atoms with Crippen LogP contribution in [0, 0.1) is 5.92 Å². The maximum atomic E-state index is 10.1. The first-order chi connectivity index (χ1) is 3.70. The normalized spacial score (nSPS) is 32.1. The molecular formula is C5H8BrClO2. The van der Waals surface area contributed by atoms with Gasteiger partial charge in [0.05, 0.1) is 5.92 Å². The zero-order valence-electron chi connectivity index (χ0n) is 4.71. The molecule has 0 unspecified atom stereocenters. The van der Waals surface area contributed by atoms with Gasteiger partial charge in [-0.1, -0.05) is 15.9 Å². The number of carboxylic acids is 1. The Morgan fingerprint density at radius 2 is 2.00 bits per heavy atom. The van der Waals surface area contributed by atoms with Gasteiger partial charge in [-0.05, 0) is 12.8 Å². The molecule has 1 rings (SSSR count). The van der Waals surface area contributed by atoms with Gasteiger partial charge in [-0.15, -0.1) is 12.4 Å². The first-order valence-electron chi connectivity index (χ1n) is 2.57. The van der Waals surface area contributed by atoms with E-state index in [-0.39, 0.29) is 18.3 Å². The predicted octanol–water partition coefficient (Wildman–Crippen LogP) is 1.67. The summed E-state index contributed by atoms with van der Waals surface area (Å²) in [6.45, 7) is 0. The molecule has 0 aromatic heterocycles. The molecule has 2 nitrogen and oxygen atoms in total. The SMILES string of the molecule is Cl.O=C(O)C1CC(Br)C1. The molecule has 0 radical (unpaired) electrons. The summed E-state index contributed by atoms with van der Waals surface area (Å²) in [4.78, 5) is 10.6. The van der Waals surface area contributed by atoms with Gasteiger partial charge in [0.1, 0.15) is 0 Å². The van der Waals surface area contributed by atoms with Crippen LogP contribution in [-0.2, 0) is 4.79 Å². The zero-order valence-corrected chi connectivity index (χ0v) is 7.11. The Balaban J connectivity index is 0.000000640. The Kier molecular flexibility index (Phi) is 3.51. The van der Waals surface area contributed by atoms with Gasteiger partial charge >= 0.3 is 5.97 Å². The highest BCUT2D eigenvalue weighted by Gasteiger charge is 2.32. The van der Waals surface area contributed by atoms with Gasteiger partial charge in [0, 0.05) is 4.83 Å². The molecule has 1 fully saturated rings. The van der Waals surface area contributed by atoms with Crippen LogP contribution in [0.2, 0.25) is 0 Å². The lowest BCUT2D eigenvalue weighted by Gasteiger charge is -2.26. The second-order valence-electron chi connectivity index (χ2n) is 2.10. The third kappa shape index (κ3) is 2.14. The van der Waals surface area contributed by atoms with E-state index >= 15 is 0 Å². The fourth-order valence-corrected chi connectivity index (χ4v) is 1.65. The van der Waals surface area contributed by atoms with E-state index < -0.39 is 5.97 Å². The summed E-state index contributed by atoms with van der Waals surface area (Å²) in [7, 11) is 0. The van der Waals surface area contributed by atoms with Crippen LogP contribution in [0.25, 0.3) is 0 Å². The highest BCUT2D eigenvalue weighted by Crippen LogP contribution is 2.32. The number of halogens is 2. The molecule has 0 aromatic rings. The Labute approximate surface area is 68.2 Å². The largest absolute Gasteiger partial charge is 0.481 e. The molecule has 4 heteroatoms. The second-order valence-corrected chi connectivity index (χ2v) is 3.40. The van der Waals surface area contributed by atoms with E-state index in [9.17, 15) is 4.79 Å². The summed E-state index contributed by atoms with van der Waals surface area (Å²) in [5.41, 5.74) is 0. The van der Waals surface area contributed by atoms with Crippen molar-refractivity contribution >= 4 is 34.3 Å². The Morgan fingerprint density at radius 1 is 1.56 bits per heavy atom. The molecule has 54 valence electrons. The number of hydrogen-bond donors (Lipinski definition) is 1. The smallest absolute Gasteiger partial charge is 0.306 e. The number of hydrogen-bond acceptors (Lipinski definition) is 1.